The predicted octanol–water partition coefficient (Wildman–Crippen LogP) is 6.87. The van der Waals surface area contributed by atoms with Crippen molar-refractivity contribution in [3.63, 3.8) is 0 Å². The van der Waals surface area contributed by atoms with Gasteiger partial charge in [0.1, 0.15) is 17.6 Å². The third kappa shape index (κ3) is 5.07. The Balaban J connectivity index is 1.49. The Kier molecular flexibility index (Phi) is 6.92. The maximum absolute atomic E-state index is 14.7. The number of fused-ring (bicyclic) bond motifs is 1. The Hall–Kier alpha value is -4.90. The van der Waals surface area contributed by atoms with Crippen molar-refractivity contribution < 1.29 is 37.4 Å². The molecule has 0 bridgehead atoms. The van der Waals surface area contributed by atoms with E-state index in [0.717, 1.165) is 29.3 Å². The summed E-state index contributed by atoms with van der Waals surface area (Å²) in [5, 5.41) is 20.0. The first kappa shape index (κ1) is 27.7. The number of aryl methyl sites for hydroxylation is 2. The van der Waals surface area contributed by atoms with E-state index >= 15 is 0 Å². The zero-order chi connectivity index (χ0) is 29.6. The van der Waals surface area contributed by atoms with Gasteiger partial charge in [0.2, 0.25) is 0 Å². The van der Waals surface area contributed by atoms with E-state index in [4.69, 9.17) is 5.11 Å². The van der Waals surface area contributed by atoms with Crippen LogP contribution in [0, 0.1) is 19.7 Å². The number of nitrogens with zero attached hydrogens (tertiary/aromatic N) is 1. The number of aromatic carboxylic acids is 1. The zero-order valence-electron chi connectivity index (χ0n) is 21.7. The minimum atomic E-state index is -4.62. The quantitative estimate of drug-likeness (QED) is 0.116. The van der Waals surface area contributed by atoms with Gasteiger partial charge in [-0.3, -0.25) is 9.69 Å². The van der Waals surface area contributed by atoms with Crippen molar-refractivity contribution in [3.05, 3.63) is 106 Å². The van der Waals surface area contributed by atoms with Gasteiger partial charge in [-0.2, -0.15) is 13.2 Å². The van der Waals surface area contributed by atoms with E-state index in [9.17, 15) is 32.3 Å². The number of hydrazine groups is 1. The van der Waals surface area contributed by atoms with Gasteiger partial charge in [0.25, 0.3) is 5.91 Å². The first-order chi connectivity index (χ1) is 19.4. The Bertz CT molecular complexity index is 1700. The molecule has 1 atom stereocenters. The first-order valence-electron chi connectivity index (χ1n) is 12.4. The molecule has 4 aromatic rings. The highest BCUT2D eigenvalue weighted by Crippen LogP contribution is 2.44. The van der Waals surface area contributed by atoms with Crippen molar-refractivity contribution >= 4 is 28.9 Å². The largest absolute Gasteiger partial charge is 0.505 e. The van der Waals surface area contributed by atoms with Crippen molar-refractivity contribution in [1.29, 1.82) is 0 Å². The van der Waals surface area contributed by atoms with E-state index < -0.39 is 41.2 Å². The molecule has 1 aliphatic heterocycles. The Morgan fingerprint density at radius 3 is 2.34 bits per heavy atom. The van der Waals surface area contributed by atoms with Crippen LogP contribution >= 0.6 is 0 Å². The van der Waals surface area contributed by atoms with Gasteiger partial charge in [-0.05, 0) is 67.4 Å². The van der Waals surface area contributed by atoms with E-state index in [1.165, 1.54) is 41.3 Å². The topological polar surface area (TPSA) is 102 Å². The molecule has 210 valence electrons. The first-order valence-corrected chi connectivity index (χ1v) is 12.4. The number of carbonyl (C=O) groups excluding carboxylic acids is 1. The number of hydrogen-bond acceptors (Lipinski definition) is 5. The van der Waals surface area contributed by atoms with Crippen LogP contribution in [0.4, 0.5) is 34.6 Å². The lowest BCUT2D eigenvalue weighted by Gasteiger charge is -2.20. The molecule has 1 unspecified atom stereocenters. The fourth-order valence-corrected chi connectivity index (χ4v) is 4.69. The summed E-state index contributed by atoms with van der Waals surface area (Å²) in [6.45, 7) is 3.71. The van der Waals surface area contributed by atoms with Gasteiger partial charge < -0.3 is 15.6 Å². The normalized spacial score (nSPS) is 14.7. The maximum atomic E-state index is 14.7. The molecule has 1 amide bonds. The van der Waals surface area contributed by atoms with E-state index in [-0.39, 0.29) is 33.6 Å². The Labute approximate surface area is 231 Å². The van der Waals surface area contributed by atoms with Crippen LogP contribution in [0.25, 0.3) is 11.1 Å². The fourth-order valence-electron chi connectivity index (χ4n) is 4.69. The molecule has 0 fully saturated rings. The summed E-state index contributed by atoms with van der Waals surface area (Å²) >= 11 is 0. The number of carboxylic acid groups (broad SMARTS) is 1. The Morgan fingerprint density at radius 2 is 1.68 bits per heavy atom. The molecule has 11 heteroatoms. The molecule has 4 aromatic carbocycles. The number of carboxylic acids is 1. The standard InChI is InChI=1S/C30H23F4N3O4/c1-15-6-9-19(12-16(15)2)37-25-14-18(30(32,33)34)8-11-22(25)26(28(37)39)36-35-24-5-3-4-21(27(24)38)20-10-7-17(29(40)41)13-23(20)31/h3-14,26,35-36,38H,1-2H3,(H,40,41). The zero-order valence-corrected chi connectivity index (χ0v) is 21.7. The molecule has 41 heavy (non-hydrogen) atoms. The fraction of sp³-hybridized carbons (Fsp3) is 0.133. The van der Waals surface area contributed by atoms with Crippen molar-refractivity contribution in [2.24, 2.45) is 0 Å². The second kappa shape index (κ2) is 10.3. The third-order valence-electron chi connectivity index (χ3n) is 7.02. The molecular weight excluding hydrogens is 542 g/mol. The van der Waals surface area contributed by atoms with Crippen molar-refractivity contribution in [2.75, 3.05) is 10.3 Å². The lowest BCUT2D eigenvalue weighted by Crippen LogP contribution is -2.35. The number of phenols is 1. The molecule has 0 saturated heterocycles. The van der Waals surface area contributed by atoms with E-state index in [1.807, 2.05) is 13.8 Å². The predicted molar refractivity (Wildman–Crippen MR) is 144 cm³/mol. The molecule has 0 radical (unpaired) electrons. The summed E-state index contributed by atoms with van der Waals surface area (Å²) in [5.41, 5.74) is 6.94. The lowest BCUT2D eigenvalue weighted by atomic mass is 10.0. The van der Waals surface area contributed by atoms with Crippen LogP contribution in [0.15, 0.2) is 72.8 Å². The summed E-state index contributed by atoms with van der Waals surface area (Å²) in [6, 6.07) is 14.7. The van der Waals surface area contributed by atoms with Crippen LogP contribution in [0.2, 0.25) is 0 Å². The summed E-state index contributed by atoms with van der Waals surface area (Å²) in [7, 11) is 0. The monoisotopic (exact) mass is 565 g/mol. The van der Waals surface area contributed by atoms with Gasteiger partial charge in [0.15, 0.2) is 0 Å². The second-order valence-corrected chi connectivity index (χ2v) is 9.62. The number of para-hydroxylation sites is 1. The van der Waals surface area contributed by atoms with Crippen molar-refractivity contribution in [3.8, 4) is 16.9 Å². The number of aromatic hydroxyl groups is 1. The number of phenolic OH excluding ortho intramolecular Hbond substituents is 1. The third-order valence-corrected chi connectivity index (χ3v) is 7.02. The highest BCUT2D eigenvalue weighted by Gasteiger charge is 2.41. The number of hydrogen-bond donors (Lipinski definition) is 4. The average Bonchev–Trinajstić information content (AvgIpc) is 3.19. The van der Waals surface area contributed by atoms with Crippen LogP contribution < -0.4 is 15.8 Å². The highest BCUT2D eigenvalue weighted by molar-refractivity contribution is 6.10. The number of alkyl halides is 3. The van der Waals surface area contributed by atoms with E-state index in [2.05, 4.69) is 10.9 Å². The van der Waals surface area contributed by atoms with Crippen LogP contribution in [0.5, 0.6) is 5.75 Å². The molecule has 0 saturated carbocycles. The van der Waals surface area contributed by atoms with Crippen LogP contribution in [-0.4, -0.2) is 22.1 Å². The molecule has 0 aromatic heterocycles. The van der Waals surface area contributed by atoms with Gasteiger partial charge in [0.05, 0.1) is 22.5 Å². The van der Waals surface area contributed by atoms with E-state index in [1.54, 1.807) is 18.2 Å². The molecule has 4 N–H and O–H groups in total. The number of amides is 1. The van der Waals surface area contributed by atoms with Gasteiger partial charge in [-0.25, -0.2) is 14.6 Å². The summed E-state index contributed by atoms with van der Waals surface area (Å²) < 4.78 is 55.4. The average molecular weight is 566 g/mol. The molecule has 1 heterocycles. The molecule has 7 nitrogen and oxygen atoms in total. The van der Waals surface area contributed by atoms with Crippen LogP contribution in [-0.2, 0) is 11.0 Å². The minimum absolute atomic E-state index is 0.0510. The summed E-state index contributed by atoms with van der Waals surface area (Å²) in [4.78, 5) is 26.0. The molecular formula is C30H23F4N3O4. The number of carbonyl (C=O) groups is 2. The van der Waals surface area contributed by atoms with Gasteiger partial charge in [0, 0.05) is 22.4 Å². The van der Waals surface area contributed by atoms with Crippen LogP contribution in [0.1, 0.15) is 38.7 Å². The van der Waals surface area contributed by atoms with Crippen molar-refractivity contribution in [2.45, 2.75) is 26.1 Å². The molecule has 0 aliphatic carbocycles. The van der Waals surface area contributed by atoms with Crippen LogP contribution in [0.3, 0.4) is 0 Å². The van der Waals surface area contributed by atoms with Gasteiger partial charge in [-0.1, -0.05) is 30.3 Å². The van der Waals surface area contributed by atoms with Gasteiger partial charge >= 0.3 is 12.1 Å². The Morgan fingerprint density at radius 1 is 0.927 bits per heavy atom. The number of anilines is 3. The maximum Gasteiger partial charge on any atom is 0.416 e. The minimum Gasteiger partial charge on any atom is -0.505 e. The summed E-state index contributed by atoms with van der Waals surface area (Å²) in [5.74, 6) is -3.13. The highest BCUT2D eigenvalue weighted by atomic mass is 19.4. The molecule has 1 aliphatic rings. The smallest absolute Gasteiger partial charge is 0.416 e. The summed E-state index contributed by atoms with van der Waals surface area (Å²) in [6.07, 6.45) is -4.62. The number of halogens is 4. The molecule has 0 spiro atoms. The number of rotatable bonds is 6. The SMILES string of the molecule is Cc1ccc(N2C(=O)C(NNc3cccc(-c4ccc(C(=O)O)cc4F)c3O)c3ccc(C(F)(F)F)cc32)cc1C. The lowest BCUT2D eigenvalue weighted by molar-refractivity contribution is -0.137. The number of benzene rings is 4. The second-order valence-electron chi connectivity index (χ2n) is 9.62. The van der Waals surface area contributed by atoms with Gasteiger partial charge in [-0.15, -0.1) is 0 Å². The molecule has 5 rings (SSSR count). The van der Waals surface area contributed by atoms with Crippen molar-refractivity contribution in [1.82, 2.24) is 5.43 Å². The number of nitrogens with one attached hydrogen (secondary N) is 2. The van der Waals surface area contributed by atoms with E-state index in [0.29, 0.717) is 5.69 Å².